The average molecular weight is 583 g/mol. The number of hydrogen-bond acceptors (Lipinski definition) is 4. The summed E-state index contributed by atoms with van der Waals surface area (Å²) in [7, 11) is 0. The van der Waals surface area contributed by atoms with E-state index < -0.39 is 23.7 Å². The smallest absolute Gasteiger partial charge is 0.238 e. The molecule has 2 heterocycles. The summed E-state index contributed by atoms with van der Waals surface area (Å²) in [6.45, 7) is 7.99. The third-order valence-electron chi connectivity index (χ3n) is 11.1. The maximum absolute atomic E-state index is 14.4. The van der Waals surface area contributed by atoms with Crippen molar-refractivity contribution in [3.8, 4) is 0 Å². The van der Waals surface area contributed by atoms with E-state index in [0.717, 1.165) is 39.0 Å². The molecule has 3 fully saturated rings. The average Bonchev–Trinajstić information content (AvgIpc) is 3.45. The molecular formula is C38H34N2O4. The van der Waals surface area contributed by atoms with E-state index in [4.69, 9.17) is 0 Å². The van der Waals surface area contributed by atoms with Crippen LogP contribution in [0.15, 0.2) is 84.5 Å². The van der Waals surface area contributed by atoms with Gasteiger partial charge in [0.15, 0.2) is 0 Å². The molecule has 1 saturated carbocycles. The number of aryl methyl sites for hydroxylation is 4. The summed E-state index contributed by atoms with van der Waals surface area (Å²) in [6.07, 6.45) is 4.60. The van der Waals surface area contributed by atoms with Crippen molar-refractivity contribution in [2.75, 3.05) is 9.80 Å². The second-order valence-electron chi connectivity index (χ2n) is 13.3. The van der Waals surface area contributed by atoms with Crippen LogP contribution in [-0.2, 0) is 19.2 Å². The Balaban J connectivity index is 1.28. The monoisotopic (exact) mass is 582 g/mol. The normalized spacial score (nSPS) is 30.3. The van der Waals surface area contributed by atoms with Gasteiger partial charge in [0.05, 0.1) is 35.0 Å². The highest BCUT2D eigenvalue weighted by molar-refractivity contribution is 6.24. The number of benzene rings is 3. The van der Waals surface area contributed by atoms with Gasteiger partial charge in [0.2, 0.25) is 23.6 Å². The van der Waals surface area contributed by atoms with Crippen LogP contribution in [0.5, 0.6) is 0 Å². The Morgan fingerprint density at radius 3 is 1.75 bits per heavy atom. The highest BCUT2D eigenvalue weighted by Crippen LogP contribution is 2.63. The molecule has 0 N–H and O–H groups in total. The number of allylic oxidation sites excluding steroid dienone is 4. The van der Waals surface area contributed by atoms with E-state index in [0.29, 0.717) is 17.8 Å². The minimum Gasteiger partial charge on any atom is -0.274 e. The van der Waals surface area contributed by atoms with Gasteiger partial charge in [-0.05, 0) is 97.7 Å². The molecule has 9 rings (SSSR count). The first kappa shape index (κ1) is 27.0. The molecule has 2 aliphatic heterocycles. The summed E-state index contributed by atoms with van der Waals surface area (Å²) in [6, 6.07) is 21.5. The fourth-order valence-electron chi connectivity index (χ4n) is 8.75. The highest BCUT2D eigenvalue weighted by Gasteiger charge is 2.67. The van der Waals surface area contributed by atoms with Crippen LogP contribution in [0.4, 0.5) is 11.4 Å². The zero-order valence-electron chi connectivity index (χ0n) is 25.3. The van der Waals surface area contributed by atoms with Crippen molar-refractivity contribution in [1.29, 1.82) is 0 Å². The van der Waals surface area contributed by atoms with E-state index in [1.165, 1.54) is 9.80 Å². The minimum atomic E-state index is -0.580. The quantitative estimate of drug-likeness (QED) is 0.276. The van der Waals surface area contributed by atoms with Gasteiger partial charge in [0, 0.05) is 11.8 Å². The third-order valence-corrected chi connectivity index (χ3v) is 11.1. The molecule has 4 aliphatic carbocycles. The molecule has 7 atom stereocenters. The van der Waals surface area contributed by atoms with E-state index >= 15 is 0 Å². The molecule has 3 aromatic rings. The van der Waals surface area contributed by atoms with Gasteiger partial charge in [-0.15, -0.1) is 0 Å². The Hall–Kier alpha value is -4.58. The van der Waals surface area contributed by atoms with E-state index in [2.05, 4.69) is 24.3 Å². The third kappa shape index (κ3) is 3.54. The number of fused-ring (bicyclic) bond motifs is 1. The number of carbonyl (C=O) groups is 4. The SMILES string of the molecule is Cc1ccc(N2C(=O)[C@H]3[C@@H]4C=C[C@H](C5=C(c6ccccc6)C[C@H]6C(=O)N(c7ccc(C)c(C)c7)C(=O)[C@@H]6[C@H]54)[C@H]3C2=O)cc1C. The van der Waals surface area contributed by atoms with Crippen molar-refractivity contribution in [1.82, 2.24) is 0 Å². The van der Waals surface area contributed by atoms with Crippen molar-refractivity contribution in [3.05, 3.63) is 112 Å². The molecule has 2 bridgehead atoms. The zero-order valence-corrected chi connectivity index (χ0v) is 25.3. The van der Waals surface area contributed by atoms with Gasteiger partial charge < -0.3 is 0 Å². The van der Waals surface area contributed by atoms with Crippen LogP contribution in [-0.4, -0.2) is 23.6 Å². The molecule has 4 amide bonds. The molecule has 6 nitrogen and oxygen atoms in total. The van der Waals surface area contributed by atoms with Crippen LogP contribution in [0, 0.1) is 69.1 Å². The van der Waals surface area contributed by atoms with Crippen LogP contribution in [0.25, 0.3) is 5.57 Å². The summed E-state index contributed by atoms with van der Waals surface area (Å²) in [5.74, 6) is -3.93. The number of hydrogen-bond donors (Lipinski definition) is 0. The Morgan fingerprint density at radius 1 is 0.568 bits per heavy atom. The molecule has 44 heavy (non-hydrogen) atoms. The molecule has 0 spiro atoms. The van der Waals surface area contributed by atoms with Gasteiger partial charge >= 0.3 is 0 Å². The highest BCUT2D eigenvalue weighted by atomic mass is 16.2. The first-order chi connectivity index (χ1) is 21.2. The molecule has 0 unspecified atom stereocenters. The molecule has 2 saturated heterocycles. The standard InChI is InChI=1S/C38H34N2O4/c1-19-10-12-24(16-21(19)3)39-35(41)29-18-28(23-8-6-5-7-9-23)30-26-14-15-27(31(30)34(29)38(39)44)33-32(26)36(42)40(37(33)43)25-13-11-20(2)22(4)17-25/h5-17,26-27,29,31-34H,18H2,1-4H3/t26-,27-,29-,31+,32-,33+,34+/m1/s1. The second kappa shape index (κ2) is 9.46. The van der Waals surface area contributed by atoms with Crippen LogP contribution in [0.1, 0.15) is 34.2 Å². The topological polar surface area (TPSA) is 74.8 Å². The van der Waals surface area contributed by atoms with E-state index in [1.807, 2.05) is 82.3 Å². The Kier molecular flexibility index (Phi) is 5.80. The molecule has 0 aromatic heterocycles. The second-order valence-corrected chi connectivity index (χ2v) is 13.3. The number of amides is 4. The molecule has 3 aromatic carbocycles. The summed E-state index contributed by atoms with van der Waals surface area (Å²) < 4.78 is 0. The lowest BCUT2D eigenvalue weighted by molar-refractivity contribution is -0.129. The van der Waals surface area contributed by atoms with Crippen molar-refractivity contribution < 1.29 is 19.2 Å². The van der Waals surface area contributed by atoms with Gasteiger partial charge in [-0.1, -0.05) is 60.2 Å². The number of carbonyl (C=O) groups excluding carboxylic acids is 4. The Bertz CT molecular complexity index is 1870. The minimum absolute atomic E-state index is 0.173. The lowest BCUT2D eigenvalue weighted by Gasteiger charge is -2.51. The maximum atomic E-state index is 14.4. The maximum Gasteiger partial charge on any atom is 0.238 e. The van der Waals surface area contributed by atoms with E-state index in [1.54, 1.807) is 0 Å². The van der Waals surface area contributed by atoms with Crippen LogP contribution >= 0.6 is 0 Å². The van der Waals surface area contributed by atoms with Crippen molar-refractivity contribution in [2.24, 2.45) is 41.4 Å². The molecule has 6 heteroatoms. The first-order valence-corrected chi connectivity index (χ1v) is 15.5. The van der Waals surface area contributed by atoms with Crippen molar-refractivity contribution in [3.63, 3.8) is 0 Å². The first-order valence-electron chi connectivity index (χ1n) is 15.5. The summed E-state index contributed by atoms with van der Waals surface area (Å²) in [5, 5.41) is 0. The largest absolute Gasteiger partial charge is 0.274 e. The predicted octanol–water partition coefficient (Wildman–Crippen LogP) is 6.12. The lowest BCUT2D eigenvalue weighted by Crippen LogP contribution is -2.51. The van der Waals surface area contributed by atoms with Crippen molar-refractivity contribution >= 4 is 40.6 Å². The number of anilines is 2. The van der Waals surface area contributed by atoms with Gasteiger partial charge in [-0.25, -0.2) is 4.90 Å². The van der Waals surface area contributed by atoms with Gasteiger partial charge in [0.1, 0.15) is 0 Å². The predicted molar refractivity (Wildman–Crippen MR) is 168 cm³/mol. The lowest BCUT2D eigenvalue weighted by atomic mass is 9.49. The summed E-state index contributed by atoms with van der Waals surface area (Å²) >= 11 is 0. The number of imide groups is 2. The zero-order chi connectivity index (χ0) is 30.6. The van der Waals surface area contributed by atoms with Crippen LogP contribution in [0.3, 0.4) is 0 Å². The molecular weight excluding hydrogens is 548 g/mol. The molecule has 0 radical (unpaired) electrons. The fourth-order valence-corrected chi connectivity index (χ4v) is 8.75. The molecule has 220 valence electrons. The number of nitrogens with zero attached hydrogens (tertiary/aromatic N) is 2. The number of rotatable bonds is 3. The Labute approximate surface area is 257 Å². The van der Waals surface area contributed by atoms with Gasteiger partial charge in [0.25, 0.3) is 0 Å². The van der Waals surface area contributed by atoms with E-state index in [9.17, 15) is 19.2 Å². The van der Waals surface area contributed by atoms with E-state index in [-0.39, 0.29) is 41.4 Å². The summed E-state index contributed by atoms with van der Waals surface area (Å²) in [5.41, 5.74) is 8.55. The van der Waals surface area contributed by atoms with Gasteiger partial charge in [-0.2, -0.15) is 0 Å². The molecule has 6 aliphatic rings. The Morgan fingerprint density at radius 2 is 1.14 bits per heavy atom. The van der Waals surface area contributed by atoms with Crippen LogP contribution < -0.4 is 9.80 Å². The van der Waals surface area contributed by atoms with Gasteiger partial charge in [-0.3, -0.25) is 24.1 Å². The fraction of sp³-hybridized carbons (Fsp3) is 0.316. The van der Waals surface area contributed by atoms with Crippen molar-refractivity contribution in [2.45, 2.75) is 34.1 Å². The summed E-state index contributed by atoms with van der Waals surface area (Å²) in [4.78, 5) is 59.8. The van der Waals surface area contributed by atoms with Crippen LogP contribution in [0.2, 0.25) is 0 Å².